The van der Waals surface area contributed by atoms with Gasteiger partial charge in [-0.3, -0.25) is 4.79 Å². The number of hydrogen-bond donors (Lipinski definition) is 1. The van der Waals surface area contributed by atoms with Crippen LogP contribution in [0.4, 0.5) is 0 Å². The molecule has 0 bridgehead atoms. The van der Waals surface area contributed by atoms with Crippen LogP contribution in [0.2, 0.25) is 0 Å². The second-order valence-corrected chi connectivity index (χ2v) is 6.85. The molecular formula is C20H23NO4. The van der Waals surface area contributed by atoms with E-state index in [1.807, 2.05) is 17.0 Å². The van der Waals surface area contributed by atoms with E-state index in [-0.39, 0.29) is 17.7 Å². The summed E-state index contributed by atoms with van der Waals surface area (Å²) < 4.78 is 11.1. The third kappa shape index (κ3) is 4.34. The Kier molecular flexibility index (Phi) is 5.00. The van der Waals surface area contributed by atoms with E-state index in [1.165, 1.54) is 0 Å². The van der Waals surface area contributed by atoms with Crippen LogP contribution in [0, 0.1) is 11.8 Å². The maximum atomic E-state index is 13.0. The normalized spacial score (nSPS) is 18.4. The van der Waals surface area contributed by atoms with Crippen LogP contribution in [0.15, 0.2) is 39.4 Å². The van der Waals surface area contributed by atoms with Crippen LogP contribution in [0.25, 0.3) is 0 Å². The van der Waals surface area contributed by atoms with E-state index in [4.69, 9.17) is 8.83 Å². The van der Waals surface area contributed by atoms with Gasteiger partial charge in [0.25, 0.3) is 5.91 Å². The van der Waals surface area contributed by atoms with E-state index in [0.29, 0.717) is 12.3 Å². The van der Waals surface area contributed by atoms with Crippen LogP contribution in [-0.2, 0) is 0 Å². The van der Waals surface area contributed by atoms with E-state index >= 15 is 0 Å². The first kappa shape index (κ1) is 17.4. The Morgan fingerprint density at radius 2 is 2.12 bits per heavy atom. The molecule has 2 aromatic rings. The molecule has 1 saturated heterocycles. The highest BCUT2D eigenvalue weighted by molar-refractivity contribution is 5.92. The highest BCUT2D eigenvalue weighted by Crippen LogP contribution is 2.31. The quantitative estimate of drug-likeness (QED) is 0.845. The van der Waals surface area contributed by atoms with Gasteiger partial charge >= 0.3 is 0 Å². The molecule has 2 aromatic heterocycles. The third-order valence-electron chi connectivity index (χ3n) is 4.19. The Balaban J connectivity index is 1.82. The molecule has 1 unspecified atom stereocenters. The summed E-state index contributed by atoms with van der Waals surface area (Å²) in [5.74, 6) is 6.73. The number of nitrogens with zero attached hydrogens (tertiary/aromatic N) is 1. The molecule has 1 atom stereocenters. The van der Waals surface area contributed by atoms with E-state index in [0.717, 1.165) is 31.4 Å². The minimum Gasteiger partial charge on any atom is -0.467 e. The number of carbonyl (C=O) groups excluding carboxylic acids is 1. The van der Waals surface area contributed by atoms with Crippen molar-refractivity contribution >= 4 is 5.91 Å². The van der Waals surface area contributed by atoms with Crippen LogP contribution in [0.1, 0.15) is 67.6 Å². The zero-order valence-corrected chi connectivity index (χ0v) is 14.6. The molecule has 1 amide bonds. The number of likely N-dealkylation sites (tertiary alicyclic amines) is 1. The number of carbonyl (C=O) groups is 1. The van der Waals surface area contributed by atoms with Crippen molar-refractivity contribution < 1.29 is 18.7 Å². The molecule has 5 heteroatoms. The van der Waals surface area contributed by atoms with E-state index in [1.54, 1.807) is 32.2 Å². The van der Waals surface area contributed by atoms with Gasteiger partial charge in [0.15, 0.2) is 11.5 Å². The first-order valence-corrected chi connectivity index (χ1v) is 8.64. The molecule has 25 heavy (non-hydrogen) atoms. The summed E-state index contributed by atoms with van der Waals surface area (Å²) >= 11 is 0. The standard InChI is InChI=1S/C20H23NO4/c1-20(2,23)12-11-15-9-10-18(25-15)19(22)21-13-5-3-4-7-16(21)17-8-6-14-24-17/h6,8-10,14,16,23H,3-5,7,13H2,1-2H3. The molecule has 5 nitrogen and oxygen atoms in total. The average molecular weight is 341 g/mol. The fourth-order valence-electron chi connectivity index (χ4n) is 3.00. The fraction of sp³-hybridized carbons (Fsp3) is 0.450. The van der Waals surface area contributed by atoms with E-state index in [9.17, 15) is 9.90 Å². The number of hydrogen-bond acceptors (Lipinski definition) is 4. The van der Waals surface area contributed by atoms with Crippen molar-refractivity contribution in [3.8, 4) is 11.8 Å². The van der Waals surface area contributed by atoms with Crippen LogP contribution >= 0.6 is 0 Å². The van der Waals surface area contributed by atoms with E-state index < -0.39 is 5.60 Å². The van der Waals surface area contributed by atoms with Gasteiger partial charge in [-0.05, 0) is 56.9 Å². The van der Waals surface area contributed by atoms with Gasteiger partial charge in [-0.15, -0.1) is 0 Å². The second-order valence-electron chi connectivity index (χ2n) is 6.85. The Bertz CT molecular complexity index is 771. The van der Waals surface area contributed by atoms with Crippen molar-refractivity contribution in [1.29, 1.82) is 0 Å². The molecule has 0 aliphatic carbocycles. The van der Waals surface area contributed by atoms with Gasteiger partial charge in [-0.2, -0.15) is 0 Å². The van der Waals surface area contributed by atoms with Gasteiger partial charge in [-0.1, -0.05) is 18.8 Å². The molecule has 132 valence electrons. The highest BCUT2D eigenvalue weighted by Gasteiger charge is 2.30. The summed E-state index contributed by atoms with van der Waals surface area (Å²) in [5.41, 5.74) is -1.11. The van der Waals surface area contributed by atoms with Crippen molar-refractivity contribution in [1.82, 2.24) is 4.90 Å². The average Bonchev–Trinajstić information content (AvgIpc) is 3.19. The van der Waals surface area contributed by atoms with Crippen LogP contribution in [0.3, 0.4) is 0 Å². The van der Waals surface area contributed by atoms with Gasteiger partial charge < -0.3 is 18.8 Å². The minimum atomic E-state index is -1.11. The third-order valence-corrected chi connectivity index (χ3v) is 4.19. The predicted molar refractivity (Wildman–Crippen MR) is 92.8 cm³/mol. The number of amides is 1. The van der Waals surface area contributed by atoms with Crippen molar-refractivity contribution in [2.45, 2.75) is 51.2 Å². The molecular weight excluding hydrogens is 318 g/mol. The predicted octanol–water partition coefficient (Wildman–Crippen LogP) is 3.75. The van der Waals surface area contributed by atoms with Crippen LogP contribution in [-0.4, -0.2) is 28.1 Å². The lowest BCUT2D eigenvalue weighted by Gasteiger charge is -2.27. The van der Waals surface area contributed by atoms with Crippen molar-refractivity contribution in [2.24, 2.45) is 0 Å². The molecule has 1 aliphatic rings. The fourth-order valence-corrected chi connectivity index (χ4v) is 3.00. The zero-order chi connectivity index (χ0) is 17.9. The summed E-state index contributed by atoms with van der Waals surface area (Å²) in [4.78, 5) is 14.8. The first-order valence-electron chi connectivity index (χ1n) is 8.64. The molecule has 1 aliphatic heterocycles. The maximum absolute atomic E-state index is 13.0. The Labute approximate surface area is 147 Å². The smallest absolute Gasteiger partial charge is 0.290 e. The number of aliphatic hydroxyl groups is 1. The molecule has 0 saturated carbocycles. The van der Waals surface area contributed by atoms with Crippen molar-refractivity contribution in [2.75, 3.05) is 6.54 Å². The SMILES string of the molecule is CC(C)(O)C#Cc1ccc(C(=O)N2CCCCCC2c2ccco2)o1. The Morgan fingerprint density at radius 1 is 1.28 bits per heavy atom. The molecule has 3 rings (SSSR count). The Hall–Kier alpha value is -2.45. The van der Waals surface area contributed by atoms with Gasteiger partial charge in [0.05, 0.1) is 12.3 Å². The first-order chi connectivity index (χ1) is 11.9. The number of rotatable bonds is 2. The van der Waals surface area contributed by atoms with Gasteiger partial charge in [-0.25, -0.2) is 0 Å². The summed E-state index contributed by atoms with van der Waals surface area (Å²) in [5, 5.41) is 9.67. The monoisotopic (exact) mass is 341 g/mol. The largest absolute Gasteiger partial charge is 0.467 e. The summed E-state index contributed by atoms with van der Waals surface area (Å²) in [6.45, 7) is 3.87. The van der Waals surface area contributed by atoms with E-state index in [2.05, 4.69) is 11.8 Å². The molecule has 3 heterocycles. The van der Waals surface area contributed by atoms with Gasteiger partial charge in [0.1, 0.15) is 11.4 Å². The minimum absolute atomic E-state index is 0.0685. The molecule has 0 spiro atoms. The lowest BCUT2D eigenvalue weighted by molar-refractivity contribution is 0.0625. The summed E-state index contributed by atoms with van der Waals surface area (Å²) in [6.07, 6.45) is 5.65. The van der Waals surface area contributed by atoms with Crippen LogP contribution < -0.4 is 0 Å². The van der Waals surface area contributed by atoms with Gasteiger partial charge in [0, 0.05) is 6.54 Å². The molecule has 1 fully saturated rings. The number of furan rings is 2. The summed E-state index contributed by atoms with van der Waals surface area (Å²) in [6, 6.07) is 6.99. The Morgan fingerprint density at radius 3 is 2.84 bits per heavy atom. The summed E-state index contributed by atoms with van der Waals surface area (Å²) in [7, 11) is 0. The lowest BCUT2D eigenvalue weighted by atomic mass is 10.1. The van der Waals surface area contributed by atoms with Gasteiger partial charge in [0.2, 0.25) is 0 Å². The zero-order valence-electron chi connectivity index (χ0n) is 14.6. The molecule has 1 N–H and O–H groups in total. The maximum Gasteiger partial charge on any atom is 0.290 e. The van der Waals surface area contributed by atoms with Crippen molar-refractivity contribution in [3.63, 3.8) is 0 Å². The van der Waals surface area contributed by atoms with Crippen molar-refractivity contribution in [3.05, 3.63) is 47.8 Å². The lowest BCUT2D eigenvalue weighted by Crippen LogP contribution is -2.34. The van der Waals surface area contributed by atoms with Crippen LogP contribution in [0.5, 0.6) is 0 Å². The second kappa shape index (κ2) is 7.20. The topological polar surface area (TPSA) is 66.8 Å². The molecule has 0 radical (unpaired) electrons. The molecule has 0 aromatic carbocycles. The highest BCUT2D eigenvalue weighted by atomic mass is 16.4.